The summed E-state index contributed by atoms with van der Waals surface area (Å²) in [5.41, 5.74) is 1.47. The van der Waals surface area contributed by atoms with E-state index >= 15 is 0 Å². The number of hydrogen-bond donors (Lipinski definition) is 0. The van der Waals surface area contributed by atoms with E-state index in [1.165, 1.54) is 11.7 Å². The van der Waals surface area contributed by atoms with E-state index in [1.54, 1.807) is 5.30 Å². The van der Waals surface area contributed by atoms with Crippen LogP contribution in [0.5, 0.6) is 0 Å². The van der Waals surface area contributed by atoms with Gasteiger partial charge >= 0.3 is 0 Å². The summed E-state index contributed by atoms with van der Waals surface area (Å²) in [4.78, 5) is 0. The molecule has 0 aromatic heterocycles. The quantitative estimate of drug-likeness (QED) is 0.577. The fourth-order valence-electron chi connectivity index (χ4n) is 2.04. The molecule has 1 atom stereocenters. The van der Waals surface area contributed by atoms with Gasteiger partial charge in [-0.15, -0.1) is 0 Å². The maximum absolute atomic E-state index is 2.37. The van der Waals surface area contributed by atoms with Gasteiger partial charge in [0.05, 0.1) is 16.6 Å². The van der Waals surface area contributed by atoms with Gasteiger partial charge in [-0.1, -0.05) is 18.2 Å². The number of benzene rings is 1. The molecule has 1 aromatic carbocycles. The molecule has 0 saturated heterocycles. The first-order chi connectivity index (χ1) is 6.46. The molecule has 88 valence electrons. The van der Waals surface area contributed by atoms with Gasteiger partial charge in [0.15, 0.2) is 0 Å². The van der Waals surface area contributed by atoms with E-state index in [9.17, 15) is 0 Å². The second-order valence-corrected chi connectivity index (χ2v) is 8.60. The number of hydrogen-bond acceptors (Lipinski definition) is 0. The minimum Gasteiger partial charge on any atom is -0.0617 e. The van der Waals surface area contributed by atoms with Crippen LogP contribution in [0.4, 0.5) is 0 Å². The SMILES string of the molecule is CC[PH+](c1ccccc1C)C(C)(C)C.[Pd]. The Labute approximate surface area is 109 Å². The van der Waals surface area contributed by atoms with Crippen molar-refractivity contribution < 1.29 is 20.4 Å². The maximum Gasteiger partial charge on any atom is 0.0948 e. The number of rotatable bonds is 2. The summed E-state index contributed by atoms with van der Waals surface area (Å²) in [6, 6.07) is 8.87. The zero-order valence-electron chi connectivity index (χ0n) is 10.3. The minimum atomic E-state index is -0.407. The molecule has 1 unspecified atom stereocenters. The summed E-state index contributed by atoms with van der Waals surface area (Å²) >= 11 is 0. The molecular formula is C13H22PPd+. The molecule has 0 aliphatic heterocycles. The molecule has 2 heteroatoms. The van der Waals surface area contributed by atoms with E-state index in [1.807, 2.05) is 0 Å². The molecule has 0 saturated carbocycles. The minimum absolute atomic E-state index is 0. The van der Waals surface area contributed by atoms with E-state index in [2.05, 4.69) is 58.9 Å². The predicted molar refractivity (Wildman–Crippen MR) is 69.4 cm³/mol. The molecule has 0 N–H and O–H groups in total. The molecule has 1 rings (SSSR count). The second-order valence-electron chi connectivity index (χ2n) is 4.90. The van der Waals surface area contributed by atoms with Gasteiger partial charge in [0.2, 0.25) is 0 Å². The van der Waals surface area contributed by atoms with Gasteiger partial charge in [0.1, 0.15) is 0 Å². The van der Waals surface area contributed by atoms with Crippen molar-refractivity contribution in [3.8, 4) is 0 Å². The summed E-state index contributed by atoms with van der Waals surface area (Å²) in [5.74, 6) is 0. The van der Waals surface area contributed by atoms with Crippen molar-refractivity contribution in [3.63, 3.8) is 0 Å². The van der Waals surface area contributed by atoms with Crippen LogP contribution in [0.1, 0.15) is 33.3 Å². The van der Waals surface area contributed by atoms with Crippen LogP contribution in [0, 0.1) is 6.92 Å². The molecule has 0 fully saturated rings. The largest absolute Gasteiger partial charge is 0.0948 e. The molecule has 0 aliphatic carbocycles. The Morgan fingerprint density at radius 1 is 1.13 bits per heavy atom. The first-order valence-electron chi connectivity index (χ1n) is 5.39. The van der Waals surface area contributed by atoms with Gasteiger partial charge < -0.3 is 0 Å². The molecule has 0 amide bonds. The topological polar surface area (TPSA) is 0 Å². The Morgan fingerprint density at radius 2 is 1.67 bits per heavy atom. The van der Waals surface area contributed by atoms with Gasteiger partial charge in [0, 0.05) is 28.3 Å². The third-order valence-corrected chi connectivity index (χ3v) is 6.46. The van der Waals surface area contributed by atoms with Crippen LogP contribution in [0.25, 0.3) is 0 Å². The van der Waals surface area contributed by atoms with Crippen LogP contribution in [0.3, 0.4) is 0 Å². The summed E-state index contributed by atoms with van der Waals surface area (Å²) < 4.78 is 0. The van der Waals surface area contributed by atoms with E-state index in [0.717, 1.165) is 0 Å². The van der Waals surface area contributed by atoms with E-state index < -0.39 is 7.92 Å². The molecule has 0 aliphatic rings. The molecular weight excluding hydrogens is 294 g/mol. The zero-order valence-corrected chi connectivity index (χ0v) is 12.9. The van der Waals surface area contributed by atoms with Crippen LogP contribution in [0.2, 0.25) is 0 Å². The monoisotopic (exact) mass is 315 g/mol. The molecule has 0 bridgehead atoms. The smallest absolute Gasteiger partial charge is 0.0617 e. The van der Waals surface area contributed by atoms with Crippen LogP contribution in [-0.2, 0) is 20.4 Å². The van der Waals surface area contributed by atoms with Gasteiger partial charge in [-0.2, -0.15) is 0 Å². The fourth-order valence-corrected chi connectivity index (χ4v) is 5.14. The molecule has 0 heterocycles. The summed E-state index contributed by atoms with van der Waals surface area (Å²) in [7, 11) is -0.407. The molecule has 1 aromatic rings. The van der Waals surface area contributed by atoms with Gasteiger partial charge in [0.25, 0.3) is 0 Å². The fraction of sp³-hybridized carbons (Fsp3) is 0.538. The van der Waals surface area contributed by atoms with Crippen molar-refractivity contribution >= 4 is 13.2 Å². The third kappa shape index (κ3) is 3.99. The van der Waals surface area contributed by atoms with Crippen molar-refractivity contribution in [2.24, 2.45) is 0 Å². The molecule has 0 nitrogen and oxygen atoms in total. The average molecular weight is 316 g/mol. The Balaban J connectivity index is 0.00000196. The van der Waals surface area contributed by atoms with Crippen LogP contribution < -0.4 is 5.30 Å². The zero-order chi connectivity index (χ0) is 10.8. The van der Waals surface area contributed by atoms with Crippen molar-refractivity contribution in [1.29, 1.82) is 0 Å². The Morgan fingerprint density at radius 3 is 2.07 bits per heavy atom. The maximum atomic E-state index is 2.37. The first-order valence-corrected chi connectivity index (χ1v) is 7.10. The van der Waals surface area contributed by atoms with Crippen LogP contribution in [-0.4, -0.2) is 11.3 Å². The van der Waals surface area contributed by atoms with Gasteiger partial charge in [-0.25, -0.2) is 0 Å². The van der Waals surface area contributed by atoms with E-state index in [4.69, 9.17) is 0 Å². The van der Waals surface area contributed by atoms with Crippen LogP contribution in [0.15, 0.2) is 24.3 Å². The third-order valence-electron chi connectivity index (χ3n) is 2.73. The second kappa shape index (κ2) is 6.15. The van der Waals surface area contributed by atoms with E-state index in [-0.39, 0.29) is 20.4 Å². The van der Waals surface area contributed by atoms with E-state index in [0.29, 0.717) is 5.16 Å². The Kier molecular flexibility index (Phi) is 6.28. The van der Waals surface area contributed by atoms with Crippen molar-refractivity contribution in [2.45, 2.75) is 39.8 Å². The summed E-state index contributed by atoms with van der Waals surface area (Å²) in [6.45, 7) is 11.7. The number of aryl methyl sites for hydroxylation is 1. The first kappa shape index (κ1) is 15.3. The van der Waals surface area contributed by atoms with Gasteiger partial charge in [-0.05, 0) is 46.2 Å². The predicted octanol–water partition coefficient (Wildman–Crippen LogP) is 3.65. The standard InChI is InChI=1S/C13H21P.Pd/c1-6-14(13(3,4)5)12-10-8-7-9-11(12)2;/h7-10H,6H2,1-5H3;/p+1. The van der Waals surface area contributed by atoms with Crippen molar-refractivity contribution in [2.75, 3.05) is 6.16 Å². The summed E-state index contributed by atoms with van der Waals surface area (Å²) in [6.07, 6.45) is 1.32. The van der Waals surface area contributed by atoms with Gasteiger partial charge in [-0.3, -0.25) is 0 Å². The van der Waals surface area contributed by atoms with Crippen molar-refractivity contribution in [1.82, 2.24) is 0 Å². The molecule has 0 spiro atoms. The Bertz CT molecular complexity index is 302. The van der Waals surface area contributed by atoms with Crippen molar-refractivity contribution in [3.05, 3.63) is 29.8 Å². The molecule has 0 radical (unpaired) electrons. The normalized spacial score (nSPS) is 13.1. The molecule has 15 heavy (non-hydrogen) atoms. The average Bonchev–Trinajstić information content (AvgIpc) is 2.07. The summed E-state index contributed by atoms with van der Waals surface area (Å²) in [5, 5.41) is 2.08. The van der Waals surface area contributed by atoms with Crippen LogP contribution >= 0.6 is 7.92 Å². The Hall–Kier alpha value is 0.312.